The molecule has 2 aromatic rings. The Kier molecular flexibility index (Phi) is 4.73. The lowest BCUT2D eigenvalue weighted by molar-refractivity contribution is -0.222. The van der Waals surface area contributed by atoms with Crippen molar-refractivity contribution in [1.82, 2.24) is 10.2 Å². The molecular weight excluding hydrogens is 325 g/mol. The third kappa shape index (κ3) is 3.23. The van der Waals surface area contributed by atoms with E-state index < -0.39 is 43.1 Å². The van der Waals surface area contributed by atoms with E-state index in [2.05, 4.69) is 15.5 Å². The fraction of sp³-hybridized carbons (Fsp3) is 0.429. The highest BCUT2D eigenvalue weighted by atomic mass is 19.1. The molecule has 1 fully saturated rings. The van der Waals surface area contributed by atoms with E-state index in [0.717, 1.165) is 0 Å². The maximum atomic E-state index is 12.9. The Morgan fingerprint density at radius 2 is 1.75 bits per heavy atom. The van der Waals surface area contributed by atoms with Gasteiger partial charge in [-0.3, -0.25) is 0 Å². The number of aliphatic hydroxyl groups excluding tert-OH is 4. The van der Waals surface area contributed by atoms with E-state index in [1.807, 2.05) is 0 Å². The summed E-state index contributed by atoms with van der Waals surface area (Å²) in [6.45, 7) is -0.548. The van der Waals surface area contributed by atoms with Crippen LogP contribution in [0.4, 0.5) is 10.4 Å². The van der Waals surface area contributed by atoms with Crippen LogP contribution in [0.25, 0.3) is 11.5 Å². The first-order valence-corrected chi connectivity index (χ1v) is 7.16. The number of rotatable bonds is 4. The zero-order valence-electron chi connectivity index (χ0n) is 12.3. The Morgan fingerprint density at radius 1 is 1.04 bits per heavy atom. The van der Waals surface area contributed by atoms with Gasteiger partial charge in [0.1, 0.15) is 30.2 Å². The van der Waals surface area contributed by atoms with Gasteiger partial charge in [0.15, 0.2) is 6.23 Å². The molecule has 1 aromatic heterocycles. The molecule has 2 heterocycles. The number of hydrogen-bond donors (Lipinski definition) is 5. The molecule has 0 unspecified atom stereocenters. The molecule has 1 saturated heterocycles. The Bertz CT molecular complexity index is 679. The minimum Gasteiger partial charge on any atom is -0.403 e. The smallest absolute Gasteiger partial charge is 0.317 e. The summed E-state index contributed by atoms with van der Waals surface area (Å²) in [6.07, 6.45) is -6.69. The molecule has 10 heteroatoms. The summed E-state index contributed by atoms with van der Waals surface area (Å²) in [5.74, 6) is -0.292. The lowest BCUT2D eigenvalue weighted by atomic mass is 9.98. The van der Waals surface area contributed by atoms with Gasteiger partial charge in [-0.25, -0.2) is 4.39 Å². The predicted molar refractivity (Wildman–Crippen MR) is 77.1 cm³/mol. The third-order valence-corrected chi connectivity index (χ3v) is 3.67. The van der Waals surface area contributed by atoms with Gasteiger partial charge in [0.2, 0.25) is 5.89 Å². The second-order valence-corrected chi connectivity index (χ2v) is 5.31. The van der Waals surface area contributed by atoms with Crippen LogP contribution >= 0.6 is 0 Å². The Hall–Kier alpha value is -2.11. The van der Waals surface area contributed by atoms with Crippen LogP contribution in [0.3, 0.4) is 0 Å². The molecule has 0 aliphatic carbocycles. The van der Waals surface area contributed by atoms with Crippen LogP contribution in [0.1, 0.15) is 0 Å². The quantitative estimate of drug-likeness (QED) is 0.478. The number of aliphatic hydroxyl groups is 4. The molecule has 1 aliphatic rings. The largest absolute Gasteiger partial charge is 0.403 e. The summed E-state index contributed by atoms with van der Waals surface area (Å²) in [5.41, 5.74) is 0.491. The van der Waals surface area contributed by atoms with E-state index in [0.29, 0.717) is 5.56 Å². The Balaban J connectivity index is 1.73. The zero-order chi connectivity index (χ0) is 17.3. The number of benzene rings is 1. The van der Waals surface area contributed by atoms with Crippen LogP contribution in [0.15, 0.2) is 28.7 Å². The van der Waals surface area contributed by atoms with Crippen molar-refractivity contribution in [2.24, 2.45) is 0 Å². The molecule has 0 saturated carbocycles. The van der Waals surface area contributed by atoms with Crippen molar-refractivity contribution in [2.45, 2.75) is 30.6 Å². The van der Waals surface area contributed by atoms with Crippen molar-refractivity contribution in [3.05, 3.63) is 30.1 Å². The molecule has 1 aromatic carbocycles. The van der Waals surface area contributed by atoms with Crippen LogP contribution in [0, 0.1) is 5.82 Å². The maximum Gasteiger partial charge on any atom is 0.317 e. The van der Waals surface area contributed by atoms with Crippen molar-refractivity contribution < 1.29 is 34.0 Å². The summed E-state index contributed by atoms with van der Waals surface area (Å²) in [6, 6.07) is 5.29. The van der Waals surface area contributed by atoms with E-state index in [1.54, 1.807) is 0 Å². The third-order valence-electron chi connectivity index (χ3n) is 3.67. The van der Waals surface area contributed by atoms with Crippen molar-refractivity contribution in [3.8, 4) is 11.5 Å². The molecular formula is C14H16FN3O6. The number of halogens is 1. The average Bonchev–Trinajstić information content (AvgIpc) is 3.04. The molecule has 0 spiro atoms. The highest BCUT2D eigenvalue weighted by Gasteiger charge is 2.43. The Morgan fingerprint density at radius 3 is 2.42 bits per heavy atom. The molecule has 130 valence electrons. The molecule has 0 radical (unpaired) electrons. The van der Waals surface area contributed by atoms with E-state index in [9.17, 15) is 19.7 Å². The number of nitrogens with one attached hydrogen (secondary N) is 1. The van der Waals surface area contributed by atoms with Gasteiger partial charge in [-0.05, 0) is 24.3 Å². The van der Waals surface area contributed by atoms with Gasteiger partial charge in [-0.15, -0.1) is 5.10 Å². The topological polar surface area (TPSA) is 141 Å². The molecule has 0 bridgehead atoms. The second-order valence-electron chi connectivity index (χ2n) is 5.31. The highest BCUT2D eigenvalue weighted by molar-refractivity contribution is 5.53. The molecule has 5 N–H and O–H groups in total. The van der Waals surface area contributed by atoms with E-state index in [4.69, 9.17) is 14.3 Å². The molecule has 5 atom stereocenters. The normalized spacial score (nSPS) is 30.3. The van der Waals surface area contributed by atoms with Gasteiger partial charge < -0.3 is 34.9 Å². The van der Waals surface area contributed by atoms with Crippen LogP contribution in [0.2, 0.25) is 0 Å². The number of nitrogens with zero attached hydrogens (tertiary/aromatic N) is 2. The summed E-state index contributed by atoms with van der Waals surface area (Å²) < 4.78 is 23.5. The number of anilines is 1. The van der Waals surface area contributed by atoms with Gasteiger partial charge in [0.25, 0.3) is 0 Å². The van der Waals surface area contributed by atoms with Crippen molar-refractivity contribution in [1.29, 1.82) is 0 Å². The second kappa shape index (κ2) is 6.79. The van der Waals surface area contributed by atoms with Crippen LogP contribution < -0.4 is 5.32 Å². The summed E-state index contributed by atoms with van der Waals surface area (Å²) >= 11 is 0. The van der Waals surface area contributed by atoms with Crippen molar-refractivity contribution >= 4 is 6.01 Å². The fourth-order valence-corrected chi connectivity index (χ4v) is 2.33. The van der Waals surface area contributed by atoms with E-state index in [1.165, 1.54) is 24.3 Å². The maximum absolute atomic E-state index is 12.9. The fourth-order valence-electron chi connectivity index (χ4n) is 2.33. The molecule has 0 amide bonds. The summed E-state index contributed by atoms with van der Waals surface area (Å²) in [5, 5.41) is 48.6. The number of hydrogen-bond acceptors (Lipinski definition) is 9. The van der Waals surface area contributed by atoms with Crippen LogP contribution in [-0.4, -0.2) is 67.9 Å². The molecule has 1 aliphatic heterocycles. The minimum absolute atomic E-state index is 0.112. The average molecular weight is 341 g/mol. The van der Waals surface area contributed by atoms with Crippen LogP contribution in [0.5, 0.6) is 0 Å². The van der Waals surface area contributed by atoms with E-state index >= 15 is 0 Å². The van der Waals surface area contributed by atoms with Crippen LogP contribution in [-0.2, 0) is 4.74 Å². The predicted octanol–water partition coefficient (Wildman–Crippen LogP) is -0.913. The first-order valence-electron chi connectivity index (χ1n) is 7.16. The monoisotopic (exact) mass is 341 g/mol. The van der Waals surface area contributed by atoms with Gasteiger partial charge in [0.05, 0.1) is 6.61 Å². The Labute approximate surface area is 135 Å². The van der Waals surface area contributed by atoms with Gasteiger partial charge in [0, 0.05) is 5.56 Å². The van der Waals surface area contributed by atoms with Crippen molar-refractivity contribution in [2.75, 3.05) is 11.9 Å². The zero-order valence-corrected chi connectivity index (χ0v) is 12.3. The highest BCUT2D eigenvalue weighted by Crippen LogP contribution is 2.24. The molecule has 3 rings (SSSR count). The SMILES string of the molecule is OC[C@H]1O[C@@H](Nc2nnc(-c3ccc(F)cc3)o2)[C@H](O)[C@@H](O)[C@@H]1O. The minimum atomic E-state index is -1.52. The number of ether oxygens (including phenoxy) is 1. The van der Waals surface area contributed by atoms with Crippen molar-refractivity contribution in [3.63, 3.8) is 0 Å². The first-order chi connectivity index (χ1) is 11.5. The first kappa shape index (κ1) is 16.7. The van der Waals surface area contributed by atoms with Gasteiger partial charge >= 0.3 is 6.01 Å². The molecule has 24 heavy (non-hydrogen) atoms. The summed E-state index contributed by atoms with van der Waals surface area (Å²) in [4.78, 5) is 0. The molecule has 9 nitrogen and oxygen atoms in total. The number of aromatic nitrogens is 2. The van der Waals surface area contributed by atoms with Gasteiger partial charge in [-0.2, -0.15) is 0 Å². The standard InChI is InChI=1S/C14H16FN3O6/c15-7-3-1-6(2-4-7)12-17-18-14(24-12)16-13-11(22)10(21)9(20)8(5-19)23-13/h1-4,8-11,13,19-22H,5H2,(H,16,18)/t8-,9-,10+,11-,13-/m1/s1. The lowest BCUT2D eigenvalue weighted by Gasteiger charge is -2.39. The van der Waals surface area contributed by atoms with Gasteiger partial charge in [-0.1, -0.05) is 5.10 Å². The summed E-state index contributed by atoms with van der Waals surface area (Å²) in [7, 11) is 0. The lowest BCUT2D eigenvalue weighted by Crippen LogP contribution is -2.60. The van der Waals surface area contributed by atoms with E-state index in [-0.39, 0.29) is 11.9 Å².